The smallest absolute Gasteiger partial charge is 0.338 e. The molecule has 0 aromatic heterocycles. The van der Waals surface area contributed by atoms with Gasteiger partial charge in [-0.1, -0.05) is 13.8 Å². The Labute approximate surface area is 136 Å². The summed E-state index contributed by atoms with van der Waals surface area (Å²) >= 11 is 0. The van der Waals surface area contributed by atoms with Gasteiger partial charge < -0.3 is 15.4 Å². The van der Waals surface area contributed by atoms with Gasteiger partial charge in [-0.2, -0.15) is 5.26 Å². The molecule has 1 rings (SSSR count). The van der Waals surface area contributed by atoms with E-state index in [1.165, 1.54) is 6.20 Å². The Kier molecular flexibility index (Phi) is 7.34. The predicted octanol–water partition coefficient (Wildman–Crippen LogP) is 2.45. The summed E-state index contributed by atoms with van der Waals surface area (Å²) in [6.45, 7) is 6.51. The molecule has 0 radical (unpaired) electrons. The Morgan fingerprint density at radius 2 is 1.96 bits per heavy atom. The second-order valence-corrected chi connectivity index (χ2v) is 5.22. The molecule has 0 fully saturated rings. The van der Waals surface area contributed by atoms with Gasteiger partial charge in [-0.25, -0.2) is 4.79 Å². The Morgan fingerprint density at radius 1 is 1.30 bits per heavy atom. The molecule has 6 heteroatoms. The summed E-state index contributed by atoms with van der Waals surface area (Å²) in [5, 5.41) is 14.6. The summed E-state index contributed by atoms with van der Waals surface area (Å²) < 4.78 is 4.89. The predicted molar refractivity (Wildman–Crippen MR) is 87.6 cm³/mol. The van der Waals surface area contributed by atoms with Crippen LogP contribution in [0.3, 0.4) is 0 Å². The minimum atomic E-state index is -0.420. The maximum atomic E-state index is 11.8. The van der Waals surface area contributed by atoms with Crippen molar-refractivity contribution in [3.8, 4) is 6.07 Å². The number of carbonyl (C=O) groups excluding carboxylic acids is 2. The first-order chi connectivity index (χ1) is 11.0. The van der Waals surface area contributed by atoms with Crippen LogP contribution in [0.4, 0.5) is 5.69 Å². The van der Waals surface area contributed by atoms with Gasteiger partial charge in [0.25, 0.3) is 5.91 Å². The van der Waals surface area contributed by atoms with Gasteiger partial charge in [0.1, 0.15) is 11.6 Å². The molecule has 0 heterocycles. The number of hydrogen-bond acceptors (Lipinski definition) is 5. The standard InChI is InChI=1S/C17H21N3O3/c1-4-23-17(22)13-5-7-15(8-6-13)19-11-14(9-18)16(21)20-10-12(2)3/h5-8,11-12,19H,4,10H2,1-3H3,(H,20,21)/b14-11-. The van der Waals surface area contributed by atoms with Crippen LogP contribution in [0.5, 0.6) is 0 Å². The van der Waals surface area contributed by atoms with Crippen LogP contribution in [0.15, 0.2) is 36.0 Å². The summed E-state index contributed by atoms with van der Waals surface area (Å²) in [6, 6.07) is 8.42. The van der Waals surface area contributed by atoms with Gasteiger partial charge in [0.2, 0.25) is 0 Å². The minimum Gasteiger partial charge on any atom is -0.462 e. The molecule has 0 aliphatic heterocycles. The largest absolute Gasteiger partial charge is 0.462 e. The first-order valence-corrected chi connectivity index (χ1v) is 7.40. The van der Waals surface area contributed by atoms with Crippen molar-refractivity contribution in [2.45, 2.75) is 20.8 Å². The molecule has 0 saturated carbocycles. The number of nitrogens with one attached hydrogen (secondary N) is 2. The molecule has 0 saturated heterocycles. The van der Waals surface area contributed by atoms with Gasteiger partial charge in [0.15, 0.2) is 0 Å². The van der Waals surface area contributed by atoms with Gasteiger partial charge >= 0.3 is 5.97 Å². The normalized spacial score (nSPS) is 10.8. The highest BCUT2D eigenvalue weighted by molar-refractivity contribution is 5.97. The third-order valence-electron chi connectivity index (χ3n) is 2.82. The molecule has 0 spiro atoms. The van der Waals surface area contributed by atoms with Crippen LogP contribution >= 0.6 is 0 Å². The van der Waals surface area contributed by atoms with Crippen LogP contribution in [0.2, 0.25) is 0 Å². The zero-order valence-corrected chi connectivity index (χ0v) is 13.6. The number of anilines is 1. The van der Waals surface area contributed by atoms with Crippen molar-refractivity contribution in [2.24, 2.45) is 5.92 Å². The zero-order chi connectivity index (χ0) is 17.2. The molecule has 0 aliphatic carbocycles. The van der Waals surface area contributed by atoms with Crippen LogP contribution in [-0.2, 0) is 9.53 Å². The quantitative estimate of drug-likeness (QED) is 0.458. The number of nitriles is 1. The van der Waals surface area contributed by atoms with Crippen LogP contribution in [0.25, 0.3) is 0 Å². The van der Waals surface area contributed by atoms with Gasteiger partial charge in [-0.15, -0.1) is 0 Å². The Morgan fingerprint density at radius 3 is 2.48 bits per heavy atom. The van der Waals surface area contributed by atoms with Crippen molar-refractivity contribution in [1.82, 2.24) is 5.32 Å². The average Bonchev–Trinajstić information content (AvgIpc) is 2.54. The lowest BCUT2D eigenvalue weighted by molar-refractivity contribution is -0.117. The van der Waals surface area contributed by atoms with Crippen LogP contribution in [0.1, 0.15) is 31.1 Å². The molecule has 122 valence electrons. The molecule has 0 bridgehead atoms. The fraction of sp³-hybridized carbons (Fsp3) is 0.353. The van der Waals surface area contributed by atoms with Crippen molar-refractivity contribution in [3.63, 3.8) is 0 Å². The molecule has 2 N–H and O–H groups in total. The van der Waals surface area contributed by atoms with Gasteiger partial charge in [0.05, 0.1) is 12.2 Å². The van der Waals surface area contributed by atoms with E-state index in [2.05, 4.69) is 10.6 Å². The van der Waals surface area contributed by atoms with E-state index in [1.54, 1.807) is 31.2 Å². The van der Waals surface area contributed by atoms with E-state index in [0.717, 1.165) is 0 Å². The molecule has 23 heavy (non-hydrogen) atoms. The molecule has 0 aliphatic rings. The monoisotopic (exact) mass is 315 g/mol. The number of carbonyl (C=O) groups is 2. The summed E-state index contributed by atoms with van der Waals surface area (Å²) in [6.07, 6.45) is 1.34. The van der Waals surface area contributed by atoms with E-state index < -0.39 is 5.91 Å². The molecular weight excluding hydrogens is 294 g/mol. The van der Waals surface area contributed by atoms with E-state index in [9.17, 15) is 9.59 Å². The lowest BCUT2D eigenvalue weighted by atomic mass is 10.2. The highest BCUT2D eigenvalue weighted by atomic mass is 16.5. The second-order valence-electron chi connectivity index (χ2n) is 5.22. The van der Waals surface area contributed by atoms with Crippen molar-refractivity contribution in [3.05, 3.63) is 41.6 Å². The summed E-state index contributed by atoms with van der Waals surface area (Å²) in [5.41, 5.74) is 1.08. The highest BCUT2D eigenvalue weighted by Crippen LogP contribution is 2.11. The van der Waals surface area contributed by atoms with E-state index >= 15 is 0 Å². The van der Waals surface area contributed by atoms with E-state index in [0.29, 0.717) is 30.3 Å². The molecule has 1 aromatic carbocycles. The fourth-order valence-electron chi connectivity index (χ4n) is 1.61. The SMILES string of the molecule is CCOC(=O)c1ccc(N/C=C(/C#N)C(=O)NCC(C)C)cc1. The van der Waals surface area contributed by atoms with E-state index in [1.807, 2.05) is 19.9 Å². The van der Waals surface area contributed by atoms with Crippen LogP contribution < -0.4 is 10.6 Å². The number of esters is 1. The topological polar surface area (TPSA) is 91.2 Å². The highest BCUT2D eigenvalue weighted by Gasteiger charge is 2.09. The summed E-state index contributed by atoms with van der Waals surface area (Å²) in [4.78, 5) is 23.3. The molecule has 1 amide bonds. The first kappa shape index (κ1) is 18.2. The number of benzene rings is 1. The molecule has 0 atom stereocenters. The van der Waals surface area contributed by atoms with Gasteiger partial charge in [-0.3, -0.25) is 4.79 Å². The number of ether oxygens (including phenoxy) is 1. The summed E-state index contributed by atoms with van der Waals surface area (Å²) in [7, 11) is 0. The van der Waals surface area contributed by atoms with Gasteiger partial charge in [-0.05, 0) is 37.1 Å². The minimum absolute atomic E-state index is 0.0138. The second kappa shape index (κ2) is 9.26. The number of hydrogen-bond donors (Lipinski definition) is 2. The third-order valence-corrected chi connectivity index (χ3v) is 2.82. The maximum Gasteiger partial charge on any atom is 0.338 e. The third kappa shape index (κ3) is 6.22. The van der Waals surface area contributed by atoms with E-state index in [-0.39, 0.29) is 11.5 Å². The van der Waals surface area contributed by atoms with Gasteiger partial charge in [0, 0.05) is 18.4 Å². The molecule has 6 nitrogen and oxygen atoms in total. The lowest BCUT2D eigenvalue weighted by Crippen LogP contribution is -2.28. The average molecular weight is 315 g/mol. The fourth-order valence-corrected chi connectivity index (χ4v) is 1.61. The lowest BCUT2D eigenvalue weighted by Gasteiger charge is -2.07. The Hall–Kier alpha value is -2.81. The van der Waals surface area contributed by atoms with Crippen molar-refractivity contribution in [2.75, 3.05) is 18.5 Å². The number of amides is 1. The molecule has 0 unspecified atom stereocenters. The maximum absolute atomic E-state index is 11.8. The zero-order valence-electron chi connectivity index (χ0n) is 13.6. The van der Waals surface area contributed by atoms with E-state index in [4.69, 9.17) is 10.00 Å². The van der Waals surface area contributed by atoms with Crippen LogP contribution in [-0.4, -0.2) is 25.0 Å². The Bertz CT molecular complexity index is 613. The molecule has 1 aromatic rings. The van der Waals surface area contributed by atoms with Crippen LogP contribution in [0, 0.1) is 17.2 Å². The first-order valence-electron chi connectivity index (χ1n) is 7.40. The van der Waals surface area contributed by atoms with Crippen molar-refractivity contribution < 1.29 is 14.3 Å². The Balaban J connectivity index is 2.69. The number of nitrogens with zero attached hydrogens (tertiary/aromatic N) is 1. The van der Waals surface area contributed by atoms with Crippen molar-refractivity contribution in [1.29, 1.82) is 5.26 Å². The number of rotatable bonds is 7. The van der Waals surface area contributed by atoms with Crippen molar-refractivity contribution >= 4 is 17.6 Å². The summed E-state index contributed by atoms with van der Waals surface area (Å²) in [5.74, 6) is -0.500. The molecular formula is C17H21N3O3.